The quantitative estimate of drug-likeness (QED) is 0.173. The van der Waals surface area contributed by atoms with E-state index in [-0.39, 0.29) is 12.5 Å². The number of piperazine rings is 1. The molecule has 0 aliphatic carbocycles. The molecule has 0 radical (unpaired) electrons. The number of alkyl halides is 3. The average Bonchev–Trinajstić information content (AvgIpc) is 3.11. The number of aromatic nitrogens is 1. The van der Waals surface area contributed by atoms with E-state index in [0.29, 0.717) is 38.2 Å². The van der Waals surface area contributed by atoms with Crippen LogP contribution in [0.3, 0.4) is 0 Å². The second-order valence-electron chi connectivity index (χ2n) is 11.1. The zero-order valence-electron chi connectivity index (χ0n) is 26.8. The van der Waals surface area contributed by atoms with Crippen LogP contribution in [0.2, 0.25) is 0 Å². The molecule has 1 saturated heterocycles. The zero-order valence-corrected chi connectivity index (χ0v) is 26.8. The number of pyridine rings is 1. The maximum atomic E-state index is 14.3. The Labute approximate surface area is 275 Å². The van der Waals surface area contributed by atoms with Crippen LogP contribution in [0.5, 0.6) is 0 Å². The molecule has 246 valence electrons. The van der Waals surface area contributed by atoms with Gasteiger partial charge in [0.15, 0.2) is 0 Å². The third-order valence-corrected chi connectivity index (χ3v) is 7.91. The van der Waals surface area contributed by atoms with Crippen LogP contribution in [0.25, 0.3) is 6.08 Å². The number of amides is 2. The highest BCUT2D eigenvalue weighted by atomic mass is 19.4. The van der Waals surface area contributed by atoms with Gasteiger partial charge < -0.3 is 9.80 Å². The van der Waals surface area contributed by atoms with Crippen LogP contribution in [0, 0.1) is 0 Å². The van der Waals surface area contributed by atoms with Crippen LogP contribution in [0.1, 0.15) is 41.7 Å². The molecule has 0 N–H and O–H groups in total. The summed E-state index contributed by atoms with van der Waals surface area (Å²) in [6, 6.07) is 27.2. The molecule has 0 spiro atoms. The normalized spacial score (nSPS) is 14.3. The number of benzene rings is 3. The van der Waals surface area contributed by atoms with E-state index < -0.39 is 23.7 Å². The highest BCUT2D eigenvalue weighted by Gasteiger charge is 2.34. The lowest BCUT2D eigenvalue weighted by Crippen LogP contribution is -2.56. The van der Waals surface area contributed by atoms with E-state index in [1.54, 1.807) is 29.4 Å². The van der Waals surface area contributed by atoms with Crippen molar-refractivity contribution in [2.75, 3.05) is 26.2 Å². The highest BCUT2D eigenvalue weighted by Crippen LogP contribution is 2.29. The van der Waals surface area contributed by atoms with Gasteiger partial charge in [-0.2, -0.15) is 13.2 Å². The first-order valence-electron chi connectivity index (χ1n) is 15.9. The second-order valence-corrected chi connectivity index (χ2v) is 11.1. The van der Waals surface area contributed by atoms with E-state index in [9.17, 15) is 22.8 Å². The van der Waals surface area contributed by atoms with E-state index in [4.69, 9.17) is 0 Å². The van der Waals surface area contributed by atoms with E-state index in [0.717, 1.165) is 29.8 Å². The van der Waals surface area contributed by atoms with Crippen molar-refractivity contribution in [1.82, 2.24) is 19.7 Å². The van der Waals surface area contributed by atoms with E-state index in [1.807, 2.05) is 67.3 Å². The lowest BCUT2D eigenvalue weighted by atomic mass is 10.0. The van der Waals surface area contributed by atoms with E-state index in [1.165, 1.54) is 29.8 Å². The monoisotopic (exact) mass is 642 g/mol. The van der Waals surface area contributed by atoms with Crippen molar-refractivity contribution in [1.29, 1.82) is 0 Å². The third-order valence-electron chi connectivity index (χ3n) is 7.91. The van der Waals surface area contributed by atoms with Gasteiger partial charge >= 0.3 is 6.18 Å². The minimum atomic E-state index is -4.45. The van der Waals surface area contributed by atoms with Crippen molar-refractivity contribution < 1.29 is 22.8 Å². The summed E-state index contributed by atoms with van der Waals surface area (Å²) in [7, 11) is 0. The number of hydrogen-bond donors (Lipinski definition) is 0. The summed E-state index contributed by atoms with van der Waals surface area (Å²) in [5.41, 5.74) is 2.62. The molecule has 2 amide bonds. The lowest BCUT2D eigenvalue weighted by Gasteiger charge is -2.39. The smallest absolute Gasteiger partial charge is 0.338 e. The van der Waals surface area contributed by atoms with Gasteiger partial charge in [-0.05, 0) is 52.6 Å². The van der Waals surface area contributed by atoms with Crippen molar-refractivity contribution in [2.24, 2.45) is 0 Å². The second kappa shape index (κ2) is 17.2. The van der Waals surface area contributed by atoms with Crippen LogP contribution in [-0.4, -0.2) is 63.7 Å². The number of hydrogen-bond acceptors (Lipinski definition) is 4. The van der Waals surface area contributed by atoms with Crippen LogP contribution >= 0.6 is 0 Å². The Kier molecular flexibility index (Phi) is 12.9. The van der Waals surface area contributed by atoms with Gasteiger partial charge in [0.25, 0.3) is 0 Å². The molecule has 0 saturated carbocycles. The number of nitrogens with zero attached hydrogens (tertiary/aromatic N) is 4. The molecule has 1 fully saturated rings. The standard InChI is InChI=1S/C36H35F3N4O2.C2H6/c37-36(38,39)32-14-11-28(12-15-32)13-16-34(44)43(27-31-17-19-40-20-18-31)33(25-29-7-3-1-4-8-29)35(45)42-23-21-41(22-24-42)26-30-9-5-2-6-10-30;1-2/h1-20,33H,21-27H2;1-2H3/b16-13+;. The van der Waals surface area contributed by atoms with Gasteiger partial charge in [-0.25, -0.2) is 0 Å². The summed E-state index contributed by atoms with van der Waals surface area (Å²) >= 11 is 0. The summed E-state index contributed by atoms with van der Waals surface area (Å²) in [5.74, 6) is -0.549. The first-order chi connectivity index (χ1) is 22.8. The largest absolute Gasteiger partial charge is 0.416 e. The zero-order chi connectivity index (χ0) is 33.6. The fourth-order valence-electron chi connectivity index (χ4n) is 5.42. The summed E-state index contributed by atoms with van der Waals surface area (Å²) in [6.45, 7) is 7.47. The fourth-order valence-corrected chi connectivity index (χ4v) is 5.42. The Morgan fingerprint density at radius 1 is 0.787 bits per heavy atom. The van der Waals surface area contributed by atoms with Gasteiger partial charge in [0.1, 0.15) is 6.04 Å². The molecule has 5 rings (SSSR count). The first-order valence-corrected chi connectivity index (χ1v) is 15.9. The SMILES string of the molecule is CC.O=C(C(Cc1ccccc1)N(Cc1ccncc1)C(=O)/C=C/c1ccc(C(F)(F)F)cc1)N1CCN(Cc2ccccc2)CC1. The molecule has 9 heteroatoms. The van der Waals surface area contributed by atoms with Gasteiger partial charge in [0.2, 0.25) is 11.8 Å². The average molecular weight is 643 g/mol. The summed E-state index contributed by atoms with van der Waals surface area (Å²) in [4.78, 5) is 38.0. The topological polar surface area (TPSA) is 56.8 Å². The molecule has 4 aromatic rings. The van der Waals surface area contributed by atoms with Crippen LogP contribution in [0.15, 0.2) is 116 Å². The molecule has 1 aliphatic heterocycles. The molecule has 3 aromatic carbocycles. The maximum absolute atomic E-state index is 14.3. The lowest BCUT2D eigenvalue weighted by molar-refractivity contribution is -0.145. The van der Waals surface area contributed by atoms with Crippen molar-refractivity contribution in [3.8, 4) is 0 Å². The molecule has 2 heterocycles. The van der Waals surface area contributed by atoms with E-state index in [2.05, 4.69) is 22.0 Å². The number of halogens is 3. The number of carbonyl (C=O) groups is 2. The molecule has 47 heavy (non-hydrogen) atoms. The Hall–Kier alpha value is -4.76. The summed E-state index contributed by atoms with van der Waals surface area (Å²) < 4.78 is 39.1. The molecule has 0 bridgehead atoms. The molecule has 6 nitrogen and oxygen atoms in total. The summed E-state index contributed by atoms with van der Waals surface area (Å²) in [5, 5.41) is 0. The Balaban J connectivity index is 0.00000245. The van der Waals surface area contributed by atoms with Gasteiger partial charge in [-0.3, -0.25) is 19.5 Å². The number of rotatable bonds is 10. The van der Waals surface area contributed by atoms with Crippen molar-refractivity contribution in [2.45, 2.75) is 45.6 Å². The molecule has 1 atom stereocenters. The van der Waals surface area contributed by atoms with Gasteiger partial charge in [-0.1, -0.05) is 86.6 Å². The summed E-state index contributed by atoms with van der Waals surface area (Å²) in [6.07, 6.45) is 1.94. The Bertz CT molecular complexity index is 1560. The van der Waals surface area contributed by atoms with Gasteiger partial charge in [0.05, 0.1) is 5.56 Å². The molecule has 1 aliphatic rings. The molecule has 1 unspecified atom stereocenters. The van der Waals surface area contributed by atoms with Gasteiger partial charge in [0, 0.05) is 64.2 Å². The van der Waals surface area contributed by atoms with Crippen molar-refractivity contribution >= 4 is 17.9 Å². The minimum absolute atomic E-state index is 0.136. The maximum Gasteiger partial charge on any atom is 0.416 e. The Morgan fingerprint density at radius 3 is 1.94 bits per heavy atom. The molecular weight excluding hydrogens is 601 g/mol. The predicted molar refractivity (Wildman–Crippen MR) is 179 cm³/mol. The molecular formula is C38H41F3N4O2. The third kappa shape index (κ3) is 10.4. The fraction of sp³-hybridized carbons (Fsp3) is 0.289. The van der Waals surface area contributed by atoms with E-state index >= 15 is 0 Å². The van der Waals surface area contributed by atoms with Gasteiger partial charge in [-0.15, -0.1) is 0 Å². The Morgan fingerprint density at radius 2 is 1.36 bits per heavy atom. The first kappa shape index (κ1) is 35.1. The van der Waals surface area contributed by atoms with Crippen molar-refractivity contribution in [3.63, 3.8) is 0 Å². The molecule has 1 aromatic heterocycles. The number of carbonyl (C=O) groups excluding carboxylic acids is 2. The van der Waals surface area contributed by atoms with Crippen LogP contribution in [0.4, 0.5) is 13.2 Å². The highest BCUT2D eigenvalue weighted by molar-refractivity contribution is 5.95. The van der Waals surface area contributed by atoms with Crippen LogP contribution in [-0.2, 0) is 35.3 Å². The van der Waals surface area contributed by atoms with Crippen molar-refractivity contribution in [3.05, 3.63) is 143 Å². The van der Waals surface area contributed by atoms with Crippen LogP contribution < -0.4 is 0 Å². The minimum Gasteiger partial charge on any atom is -0.338 e. The predicted octanol–water partition coefficient (Wildman–Crippen LogP) is 7.12.